The van der Waals surface area contributed by atoms with Crippen LogP contribution in [-0.2, 0) is 24.2 Å². The Hall–Kier alpha value is -2.84. The molecule has 0 radical (unpaired) electrons. The first-order chi connectivity index (χ1) is 11.3. The SMILES string of the molecule is CC(=O)N[C@@H](CS(=O)(=O)CC(=O)N1CC([N+](=O)[O-])([N+](=O)[O-])C1)C(=O)O. The van der Waals surface area contributed by atoms with Crippen LogP contribution in [0.5, 0.6) is 0 Å². The van der Waals surface area contributed by atoms with Gasteiger partial charge in [0.05, 0.1) is 5.75 Å². The second kappa shape index (κ2) is 6.96. The van der Waals surface area contributed by atoms with E-state index in [0.29, 0.717) is 4.90 Å². The molecule has 1 fully saturated rings. The Morgan fingerprint density at radius 2 is 1.72 bits per heavy atom. The van der Waals surface area contributed by atoms with Crippen LogP contribution >= 0.6 is 0 Å². The second-order valence-corrected chi connectivity index (χ2v) is 7.50. The maximum atomic E-state index is 11.9. The quantitative estimate of drug-likeness (QED) is 0.248. The van der Waals surface area contributed by atoms with Gasteiger partial charge in [0, 0.05) is 6.92 Å². The van der Waals surface area contributed by atoms with Gasteiger partial charge in [0.25, 0.3) is 0 Å². The first-order valence-electron chi connectivity index (χ1n) is 6.58. The first kappa shape index (κ1) is 20.2. The number of aliphatic carboxylic acids is 1. The number of hydrogen-bond acceptors (Lipinski definition) is 9. The van der Waals surface area contributed by atoms with E-state index >= 15 is 0 Å². The molecule has 0 bridgehead atoms. The van der Waals surface area contributed by atoms with E-state index < -0.39 is 73.8 Å². The molecule has 14 nitrogen and oxygen atoms in total. The lowest BCUT2D eigenvalue weighted by molar-refractivity contribution is -0.809. The Labute approximate surface area is 140 Å². The van der Waals surface area contributed by atoms with Crippen molar-refractivity contribution >= 4 is 27.6 Å². The highest BCUT2D eigenvalue weighted by Crippen LogP contribution is 2.25. The minimum Gasteiger partial charge on any atom is -0.480 e. The number of nitro groups is 2. The smallest absolute Gasteiger partial charge is 0.480 e. The van der Waals surface area contributed by atoms with Crippen molar-refractivity contribution in [1.29, 1.82) is 0 Å². The van der Waals surface area contributed by atoms with Gasteiger partial charge in [-0.25, -0.2) is 13.2 Å². The van der Waals surface area contributed by atoms with Crippen LogP contribution < -0.4 is 5.32 Å². The molecule has 0 saturated carbocycles. The standard InChI is InChI=1S/C10H14N4O10S/c1-6(15)11-7(9(17)18)2-25(23,24)3-8(16)12-4-10(5-12,13(19)20)14(21)22/h7H,2-5H2,1H3,(H,11,15)(H,17,18)/t7-/m0/s1. The van der Waals surface area contributed by atoms with Gasteiger partial charge in [0.1, 0.15) is 21.6 Å². The monoisotopic (exact) mass is 382 g/mol. The number of carbonyl (C=O) groups excluding carboxylic acids is 2. The third-order valence-electron chi connectivity index (χ3n) is 3.36. The van der Waals surface area contributed by atoms with Crippen molar-refractivity contribution in [2.75, 3.05) is 24.6 Å². The average Bonchev–Trinajstić information content (AvgIpc) is 2.33. The maximum absolute atomic E-state index is 11.9. The Morgan fingerprint density at radius 3 is 2.08 bits per heavy atom. The summed E-state index contributed by atoms with van der Waals surface area (Å²) in [7, 11) is -4.30. The lowest BCUT2D eigenvalue weighted by Crippen LogP contribution is -2.71. The molecule has 25 heavy (non-hydrogen) atoms. The number of rotatable bonds is 8. The van der Waals surface area contributed by atoms with Crippen LogP contribution in [0.25, 0.3) is 0 Å². The summed E-state index contributed by atoms with van der Waals surface area (Å²) < 4.78 is 23.8. The van der Waals surface area contributed by atoms with Gasteiger partial charge < -0.3 is 15.3 Å². The number of likely N-dealkylation sites (tertiary alicyclic amines) is 1. The number of nitrogens with one attached hydrogen (secondary N) is 1. The number of hydrogen-bond donors (Lipinski definition) is 2. The predicted octanol–water partition coefficient (Wildman–Crippen LogP) is -2.92. The molecule has 1 heterocycles. The Kier molecular flexibility index (Phi) is 5.62. The molecule has 1 saturated heterocycles. The van der Waals surface area contributed by atoms with E-state index in [4.69, 9.17) is 5.11 Å². The molecule has 0 aromatic carbocycles. The molecular weight excluding hydrogens is 368 g/mol. The summed E-state index contributed by atoms with van der Waals surface area (Å²) in [5.74, 6) is -5.82. The van der Waals surface area contributed by atoms with Crippen molar-refractivity contribution in [1.82, 2.24) is 10.2 Å². The number of carboxylic acids is 1. The largest absolute Gasteiger partial charge is 0.492 e. The minimum atomic E-state index is -4.30. The van der Waals surface area contributed by atoms with Crippen LogP contribution in [0, 0.1) is 20.2 Å². The van der Waals surface area contributed by atoms with E-state index in [1.165, 1.54) is 0 Å². The normalized spacial score (nSPS) is 17.1. The van der Waals surface area contributed by atoms with Crippen LogP contribution in [0.1, 0.15) is 6.92 Å². The zero-order valence-corrected chi connectivity index (χ0v) is 13.6. The van der Waals surface area contributed by atoms with Gasteiger partial charge in [-0.15, -0.1) is 0 Å². The van der Waals surface area contributed by atoms with Gasteiger partial charge in [0.2, 0.25) is 11.8 Å². The van der Waals surface area contributed by atoms with E-state index in [9.17, 15) is 43.0 Å². The highest BCUT2D eigenvalue weighted by molar-refractivity contribution is 7.92. The molecule has 15 heteroatoms. The molecule has 0 unspecified atom stereocenters. The summed E-state index contributed by atoms with van der Waals surface area (Å²) in [6.07, 6.45) is 0. The second-order valence-electron chi connectivity index (χ2n) is 5.39. The van der Waals surface area contributed by atoms with Crippen molar-refractivity contribution in [3.63, 3.8) is 0 Å². The maximum Gasteiger partial charge on any atom is 0.492 e. The predicted molar refractivity (Wildman–Crippen MR) is 77.2 cm³/mol. The van der Waals surface area contributed by atoms with Crippen LogP contribution in [0.3, 0.4) is 0 Å². The molecular formula is C10H14N4O10S. The van der Waals surface area contributed by atoms with E-state index in [1.54, 1.807) is 0 Å². The van der Waals surface area contributed by atoms with Gasteiger partial charge in [-0.1, -0.05) is 0 Å². The molecule has 0 aliphatic carbocycles. The molecule has 2 amide bonds. The number of sulfone groups is 1. The lowest BCUT2D eigenvalue weighted by Gasteiger charge is -2.35. The molecule has 1 atom stereocenters. The Bertz CT molecular complexity index is 710. The van der Waals surface area contributed by atoms with Crippen molar-refractivity contribution in [2.24, 2.45) is 0 Å². The summed E-state index contributed by atoms with van der Waals surface area (Å²) in [6, 6.07) is -1.77. The number of carboxylic acid groups (broad SMARTS) is 1. The third-order valence-corrected chi connectivity index (χ3v) is 4.89. The topological polar surface area (TPSA) is 207 Å². The molecule has 1 rings (SSSR count). The minimum absolute atomic E-state index is 0.622. The molecule has 0 aromatic heterocycles. The summed E-state index contributed by atoms with van der Waals surface area (Å²) in [5, 5.41) is 32.2. The number of nitrogens with zero attached hydrogens (tertiary/aromatic N) is 3. The van der Waals surface area contributed by atoms with Crippen molar-refractivity contribution in [3.05, 3.63) is 20.2 Å². The van der Waals surface area contributed by atoms with E-state index in [-0.39, 0.29) is 0 Å². The van der Waals surface area contributed by atoms with Gasteiger partial charge in [-0.2, -0.15) is 0 Å². The molecule has 0 spiro atoms. The lowest BCUT2D eigenvalue weighted by atomic mass is 10.0. The third kappa shape index (κ3) is 4.59. The van der Waals surface area contributed by atoms with Crippen molar-refractivity contribution in [2.45, 2.75) is 18.6 Å². The van der Waals surface area contributed by atoms with E-state index in [2.05, 4.69) is 0 Å². The van der Waals surface area contributed by atoms with Crippen LogP contribution in [0.4, 0.5) is 0 Å². The zero-order valence-electron chi connectivity index (χ0n) is 12.8. The van der Waals surface area contributed by atoms with Crippen LogP contribution in [0.2, 0.25) is 0 Å². The number of carbonyl (C=O) groups is 3. The zero-order chi connectivity index (χ0) is 19.6. The average molecular weight is 382 g/mol. The summed E-state index contributed by atoms with van der Waals surface area (Å²) >= 11 is 0. The van der Waals surface area contributed by atoms with Crippen LogP contribution in [0.15, 0.2) is 0 Å². The Morgan fingerprint density at radius 1 is 1.24 bits per heavy atom. The molecule has 1 aliphatic heterocycles. The molecule has 140 valence electrons. The summed E-state index contributed by atoms with van der Waals surface area (Å²) in [4.78, 5) is 53.3. The Balaban J connectivity index is 2.74. The fourth-order valence-corrected chi connectivity index (χ4v) is 3.46. The molecule has 0 aromatic rings. The van der Waals surface area contributed by atoms with Crippen molar-refractivity contribution in [3.8, 4) is 0 Å². The number of amides is 2. The van der Waals surface area contributed by atoms with E-state index in [0.717, 1.165) is 6.92 Å². The molecule has 1 aliphatic rings. The van der Waals surface area contributed by atoms with Gasteiger partial charge in [-0.3, -0.25) is 29.8 Å². The van der Waals surface area contributed by atoms with E-state index in [1.807, 2.05) is 5.32 Å². The first-order valence-corrected chi connectivity index (χ1v) is 8.40. The fourth-order valence-electron chi connectivity index (χ4n) is 2.05. The highest BCUT2D eigenvalue weighted by Gasteiger charge is 2.67. The highest BCUT2D eigenvalue weighted by atomic mass is 32.2. The van der Waals surface area contributed by atoms with Gasteiger partial charge in [0.15, 0.2) is 22.9 Å². The fraction of sp³-hybridized carbons (Fsp3) is 0.700. The van der Waals surface area contributed by atoms with Crippen LogP contribution in [-0.4, -0.2) is 82.4 Å². The molecule has 2 N–H and O–H groups in total. The summed E-state index contributed by atoms with van der Waals surface area (Å²) in [5.41, 5.74) is -2.57. The summed E-state index contributed by atoms with van der Waals surface area (Å²) in [6.45, 7) is -0.812. The van der Waals surface area contributed by atoms with Gasteiger partial charge >= 0.3 is 11.6 Å². The van der Waals surface area contributed by atoms with Crippen molar-refractivity contribution < 1.29 is 37.8 Å². The van der Waals surface area contributed by atoms with Gasteiger partial charge in [-0.05, 0) is 0 Å².